The van der Waals surface area contributed by atoms with Crippen molar-refractivity contribution in [1.29, 1.82) is 0 Å². The average Bonchev–Trinajstić information content (AvgIpc) is 2.14. The molecule has 0 saturated heterocycles. The van der Waals surface area contributed by atoms with Crippen molar-refractivity contribution in [2.24, 2.45) is 5.14 Å². The van der Waals surface area contributed by atoms with Gasteiger partial charge in [-0.1, -0.05) is 6.92 Å². The van der Waals surface area contributed by atoms with E-state index in [9.17, 15) is 8.42 Å². The quantitative estimate of drug-likeness (QED) is 0.768. The summed E-state index contributed by atoms with van der Waals surface area (Å²) in [7, 11) is -3.63. The third-order valence-electron chi connectivity index (χ3n) is 1.62. The lowest BCUT2D eigenvalue weighted by molar-refractivity contribution is 0.597. The highest BCUT2D eigenvalue weighted by Crippen LogP contribution is 2.10. The van der Waals surface area contributed by atoms with Crippen LogP contribution in [-0.4, -0.2) is 19.9 Å². The van der Waals surface area contributed by atoms with Crippen LogP contribution < -0.4 is 10.5 Å². The Hall–Kier alpha value is -1.14. The largest absolute Gasteiger partial charge is 0.370 e. The van der Waals surface area contributed by atoms with E-state index in [1.54, 1.807) is 0 Å². The summed E-state index contributed by atoms with van der Waals surface area (Å²) in [5.74, 6) is 0.526. The van der Waals surface area contributed by atoms with Crippen molar-refractivity contribution < 1.29 is 8.42 Å². The van der Waals surface area contributed by atoms with Gasteiger partial charge in [-0.3, -0.25) is 0 Å². The van der Waals surface area contributed by atoms with Crippen molar-refractivity contribution in [3.05, 3.63) is 18.3 Å². The normalized spacial score (nSPS) is 11.3. The van der Waals surface area contributed by atoms with Gasteiger partial charge in [0.2, 0.25) is 10.0 Å². The Morgan fingerprint density at radius 3 is 2.86 bits per heavy atom. The zero-order chi connectivity index (χ0) is 10.6. The predicted molar refractivity (Wildman–Crippen MR) is 54.4 cm³/mol. The molecular formula is C8H13N3O2S. The molecule has 14 heavy (non-hydrogen) atoms. The van der Waals surface area contributed by atoms with Crippen molar-refractivity contribution in [1.82, 2.24) is 4.98 Å². The summed E-state index contributed by atoms with van der Waals surface area (Å²) < 4.78 is 22.0. The zero-order valence-corrected chi connectivity index (χ0v) is 8.71. The topological polar surface area (TPSA) is 85.1 Å². The van der Waals surface area contributed by atoms with Gasteiger partial charge in [-0.05, 0) is 12.5 Å². The predicted octanol–water partition coefficient (Wildman–Crippen LogP) is 0.551. The second-order valence-electron chi connectivity index (χ2n) is 2.85. The summed E-state index contributed by atoms with van der Waals surface area (Å²) in [4.78, 5) is 4.03. The number of rotatable bonds is 4. The van der Waals surface area contributed by atoms with Gasteiger partial charge in [0.25, 0.3) is 0 Å². The second kappa shape index (κ2) is 4.39. The lowest BCUT2D eigenvalue weighted by atomic mass is 10.4. The molecule has 1 aromatic rings. The van der Waals surface area contributed by atoms with Crippen LogP contribution in [0.3, 0.4) is 0 Å². The van der Waals surface area contributed by atoms with Crippen molar-refractivity contribution >= 4 is 15.8 Å². The Labute approximate surface area is 83.4 Å². The van der Waals surface area contributed by atoms with Crippen LogP contribution >= 0.6 is 0 Å². The molecule has 1 rings (SSSR count). The summed E-state index contributed by atoms with van der Waals surface area (Å²) in [6.45, 7) is 2.76. The second-order valence-corrected chi connectivity index (χ2v) is 4.41. The van der Waals surface area contributed by atoms with Crippen LogP contribution in [0, 0.1) is 0 Å². The number of primary sulfonamides is 1. The van der Waals surface area contributed by atoms with Crippen LogP contribution in [0.25, 0.3) is 0 Å². The first-order chi connectivity index (χ1) is 6.54. The fourth-order valence-electron chi connectivity index (χ4n) is 0.938. The first-order valence-corrected chi connectivity index (χ1v) is 5.81. The van der Waals surface area contributed by atoms with Gasteiger partial charge in [0, 0.05) is 18.8 Å². The Morgan fingerprint density at radius 1 is 1.57 bits per heavy atom. The minimum absolute atomic E-state index is 0.0751. The third kappa shape index (κ3) is 2.97. The molecule has 0 saturated carbocycles. The average molecular weight is 215 g/mol. The Morgan fingerprint density at radius 2 is 2.29 bits per heavy atom. The van der Waals surface area contributed by atoms with Crippen molar-refractivity contribution in [2.45, 2.75) is 18.2 Å². The van der Waals surface area contributed by atoms with Crippen LogP contribution in [0.15, 0.2) is 23.2 Å². The Kier molecular flexibility index (Phi) is 3.43. The van der Waals surface area contributed by atoms with Gasteiger partial charge in [0.1, 0.15) is 5.82 Å². The maximum atomic E-state index is 11.0. The van der Waals surface area contributed by atoms with Crippen molar-refractivity contribution in [3.63, 3.8) is 0 Å². The van der Waals surface area contributed by atoms with E-state index < -0.39 is 10.0 Å². The fourth-order valence-corrected chi connectivity index (χ4v) is 1.46. The molecule has 5 nitrogen and oxygen atoms in total. The summed E-state index contributed by atoms with van der Waals surface area (Å²) in [6.07, 6.45) is 2.36. The van der Waals surface area contributed by atoms with E-state index in [0.717, 1.165) is 13.0 Å². The first kappa shape index (κ1) is 10.9. The number of hydrogen-bond donors (Lipinski definition) is 2. The molecule has 3 N–H and O–H groups in total. The van der Waals surface area contributed by atoms with Gasteiger partial charge < -0.3 is 5.32 Å². The van der Waals surface area contributed by atoms with E-state index in [-0.39, 0.29) is 4.90 Å². The maximum Gasteiger partial charge on any atom is 0.238 e. The summed E-state index contributed by atoms with van der Waals surface area (Å²) in [6, 6.07) is 2.79. The van der Waals surface area contributed by atoms with Crippen LogP contribution in [0.4, 0.5) is 5.82 Å². The van der Waals surface area contributed by atoms with Gasteiger partial charge in [0.05, 0.1) is 4.90 Å². The number of nitrogens with one attached hydrogen (secondary N) is 1. The number of pyridine rings is 1. The summed E-state index contributed by atoms with van der Waals surface area (Å²) >= 11 is 0. The molecule has 1 heterocycles. The van der Waals surface area contributed by atoms with Crippen LogP contribution in [0.5, 0.6) is 0 Å². The molecule has 0 bridgehead atoms. The molecule has 1 aromatic heterocycles. The SMILES string of the molecule is CCCNc1cc(S(N)(=O)=O)ccn1. The molecule has 78 valence electrons. The van der Waals surface area contributed by atoms with Gasteiger partial charge in [-0.2, -0.15) is 0 Å². The molecule has 0 unspecified atom stereocenters. The van der Waals surface area contributed by atoms with Gasteiger partial charge in [-0.15, -0.1) is 0 Å². The van der Waals surface area contributed by atoms with Gasteiger partial charge in [0.15, 0.2) is 0 Å². The molecule has 0 amide bonds. The number of nitrogens with zero attached hydrogens (tertiary/aromatic N) is 1. The highest BCUT2D eigenvalue weighted by atomic mass is 32.2. The van der Waals surface area contributed by atoms with E-state index in [4.69, 9.17) is 5.14 Å². The zero-order valence-electron chi connectivity index (χ0n) is 7.90. The molecule has 0 spiro atoms. The maximum absolute atomic E-state index is 11.0. The number of hydrogen-bond acceptors (Lipinski definition) is 4. The lowest BCUT2D eigenvalue weighted by Crippen LogP contribution is -2.13. The van der Waals surface area contributed by atoms with E-state index in [2.05, 4.69) is 10.3 Å². The molecule has 0 radical (unpaired) electrons. The highest BCUT2D eigenvalue weighted by molar-refractivity contribution is 7.89. The molecule has 0 fully saturated rings. The molecule has 0 aliphatic rings. The van der Waals surface area contributed by atoms with E-state index in [1.165, 1.54) is 18.3 Å². The monoisotopic (exact) mass is 215 g/mol. The number of sulfonamides is 1. The molecule has 0 aromatic carbocycles. The van der Waals surface area contributed by atoms with E-state index in [0.29, 0.717) is 5.82 Å². The van der Waals surface area contributed by atoms with Crippen LogP contribution in [-0.2, 0) is 10.0 Å². The number of aromatic nitrogens is 1. The number of nitrogens with two attached hydrogens (primary N) is 1. The van der Waals surface area contributed by atoms with Crippen LogP contribution in [0.2, 0.25) is 0 Å². The Bertz CT molecular complexity index is 403. The standard InChI is InChI=1S/C8H13N3O2S/c1-2-4-10-8-6-7(3-5-11-8)14(9,12)13/h3,5-6H,2,4H2,1H3,(H,10,11)(H2,9,12,13). The van der Waals surface area contributed by atoms with Crippen molar-refractivity contribution in [2.75, 3.05) is 11.9 Å². The molecule has 0 aliphatic heterocycles. The van der Waals surface area contributed by atoms with E-state index >= 15 is 0 Å². The van der Waals surface area contributed by atoms with Crippen molar-refractivity contribution in [3.8, 4) is 0 Å². The summed E-state index contributed by atoms with van der Waals surface area (Å²) in [5, 5.41) is 7.95. The molecule has 6 heteroatoms. The van der Waals surface area contributed by atoms with Crippen LogP contribution in [0.1, 0.15) is 13.3 Å². The number of anilines is 1. The van der Waals surface area contributed by atoms with E-state index in [1.807, 2.05) is 6.92 Å². The fraction of sp³-hybridized carbons (Fsp3) is 0.375. The van der Waals surface area contributed by atoms with Gasteiger partial charge >= 0.3 is 0 Å². The third-order valence-corrected chi connectivity index (χ3v) is 2.53. The molecular weight excluding hydrogens is 202 g/mol. The lowest BCUT2D eigenvalue weighted by Gasteiger charge is -2.04. The summed E-state index contributed by atoms with van der Waals surface area (Å²) in [5.41, 5.74) is 0. The van der Waals surface area contributed by atoms with Gasteiger partial charge in [-0.25, -0.2) is 18.5 Å². The smallest absolute Gasteiger partial charge is 0.238 e. The highest BCUT2D eigenvalue weighted by Gasteiger charge is 2.07. The molecule has 0 atom stereocenters. The minimum Gasteiger partial charge on any atom is -0.370 e. The minimum atomic E-state index is -3.63. The first-order valence-electron chi connectivity index (χ1n) is 4.26. The molecule has 0 aliphatic carbocycles. The Balaban J connectivity index is 2.90.